The predicted molar refractivity (Wildman–Crippen MR) is 68.8 cm³/mol. The highest BCUT2D eigenvalue weighted by molar-refractivity contribution is 6.30. The van der Waals surface area contributed by atoms with Gasteiger partial charge in [-0.15, -0.1) is 0 Å². The third kappa shape index (κ3) is 3.41. The molecule has 1 aliphatic rings. The van der Waals surface area contributed by atoms with Crippen LogP contribution in [0.3, 0.4) is 0 Å². The fraction of sp³-hybridized carbons (Fsp3) is 0.538. The second-order valence-electron chi connectivity index (χ2n) is 4.61. The Morgan fingerprint density at radius 2 is 2.35 bits per heavy atom. The molecular weight excluding hydrogens is 239 g/mol. The summed E-state index contributed by atoms with van der Waals surface area (Å²) in [5.41, 5.74) is 0.989. The molecule has 1 heterocycles. The van der Waals surface area contributed by atoms with Gasteiger partial charge in [0.2, 0.25) is 0 Å². The topological polar surface area (TPSA) is 15.3 Å². The molecule has 0 spiro atoms. The SMILES string of the molecule is CNC1CCCN(Cc2ccc(Cl)c(F)c2)C1. The molecule has 1 atom stereocenters. The van der Waals surface area contributed by atoms with Crippen molar-refractivity contribution in [1.82, 2.24) is 10.2 Å². The second kappa shape index (κ2) is 5.80. The Morgan fingerprint density at radius 1 is 1.53 bits per heavy atom. The number of rotatable bonds is 3. The van der Waals surface area contributed by atoms with Gasteiger partial charge in [0.15, 0.2) is 0 Å². The van der Waals surface area contributed by atoms with E-state index in [1.54, 1.807) is 6.07 Å². The van der Waals surface area contributed by atoms with Crippen LogP contribution in [0, 0.1) is 5.82 Å². The Kier molecular flexibility index (Phi) is 4.37. The Morgan fingerprint density at radius 3 is 3.06 bits per heavy atom. The van der Waals surface area contributed by atoms with Crippen molar-refractivity contribution < 1.29 is 4.39 Å². The highest BCUT2D eigenvalue weighted by Gasteiger charge is 2.18. The molecule has 0 amide bonds. The average molecular weight is 257 g/mol. The Bertz CT molecular complexity index is 384. The van der Waals surface area contributed by atoms with Gasteiger partial charge in [-0.05, 0) is 44.1 Å². The average Bonchev–Trinajstić information content (AvgIpc) is 2.34. The molecule has 17 heavy (non-hydrogen) atoms. The first-order valence-electron chi connectivity index (χ1n) is 6.02. The van der Waals surface area contributed by atoms with Crippen molar-refractivity contribution in [2.75, 3.05) is 20.1 Å². The van der Waals surface area contributed by atoms with Gasteiger partial charge in [-0.2, -0.15) is 0 Å². The molecule has 0 aromatic heterocycles. The van der Waals surface area contributed by atoms with Gasteiger partial charge in [0.05, 0.1) is 5.02 Å². The van der Waals surface area contributed by atoms with Gasteiger partial charge in [0.1, 0.15) is 5.82 Å². The van der Waals surface area contributed by atoms with Gasteiger partial charge in [-0.25, -0.2) is 4.39 Å². The summed E-state index contributed by atoms with van der Waals surface area (Å²) in [4.78, 5) is 2.35. The number of benzene rings is 1. The molecule has 1 fully saturated rings. The van der Waals surface area contributed by atoms with Gasteiger partial charge in [0, 0.05) is 19.1 Å². The molecule has 4 heteroatoms. The zero-order chi connectivity index (χ0) is 12.3. The lowest BCUT2D eigenvalue weighted by Gasteiger charge is -2.32. The molecule has 1 aromatic carbocycles. The standard InChI is InChI=1S/C13H18ClFN2/c1-16-11-3-2-6-17(9-11)8-10-4-5-12(14)13(15)7-10/h4-5,7,11,16H,2-3,6,8-9H2,1H3. The number of likely N-dealkylation sites (N-methyl/N-ethyl adjacent to an activating group) is 1. The first kappa shape index (κ1) is 12.8. The molecule has 1 aromatic rings. The van der Waals surface area contributed by atoms with Crippen molar-refractivity contribution >= 4 is 11.6 Å². The van der Waals surface area contributed by atoms with Crippen molar-refractivity contribution in [2.24, 2.45) is 0 Å². The maximum absolute atomic E-state index is 13.3. The molecule has 1 unspecified atom stereocenters. The minimum atomic E-state index is -0.327. The molecule has 0 bridgehead atoms. The first-order valence-corrected chi connectivity index (χ1v) is 6.40. The van der Waals surface area contributed by atoms with Crippen molar-refractivity contribution in [2.45, 2.75) is 25.4 Å². The maximum Gasteiger partial charge on any atom is 0.142 e. The Hall–Kier alpha value is -0.640. The molecular formula is C13H18ClFN2. The summed E-state index contributed by atoms with van der Waals surface area (Å²) in [6, 6.07) is 5.62. The zero-order valence-corrected chi connectivity index (χ0v) is 10.8. The van der Waals surface area contributed by atoms with Crippen LogP contribution in [0.5, 0.6) is 0 Å². The number of nitrogens with one attached hydrogen (secondary N) is 1. The van der Waals surface area contributed by atoms with Gasteiger partial charge in [-0.3, -0.25) is 4.90 Å². The fourth-order valence-corrected chi connectivity index (χ4v) is 2.45. The summed E-state index contributed by atoms with van der Waals surface area (Å²) in [5.74, 6) is -0.327. The number of piperidine rings is 1. The fourth-order valence-electron chi connectivity index (χ4n) is 2.33. The molecule has 1 saturated heterocycles. The highest BCUT2D eigenvalue weighted by atomic mass is 35.5. The molecule has 2 nitrogen and oxygen atoms in total. The first-order chi connectivity index (χ1) is 8.19. The monoisotopic (exact) mass is 256 g/mol. The Labute approximate surface area is 107 Å². The van der Waals surface area contributed by atoms with Crippen LogP contribution in [-0.4, -0.2) is 31.1 Å². The molecule has 0 aliphatic carbocycles. The molecule has 2 rings (SSSR count). The largest absolute Gasteiger partial charge is 0.316 e. The zero-order valence-electron chi connectivity index (χ0n) is 10.0. The van der Waals surface area contributed by atoms with Crippen LogP contribution < -0.4 is 5.32 Å². The minimum absolute atomic E-state index is 0.195. The number of halogens is 2. The van der Waals surface area contributed by atoms with Gasteiger partial charge >= 0.3 is 0 Å². The third-order valence-corrected chi connectivity index (χ3v) is 3.61. The van der Waals surface area contributed by atoms with E-state index >= 15 is 0 Å². The normalized spacial score (nSPS) is 21.7. The summed E-state index contributed by atoms with van der Waals surface area (Å²) in [6.45, 7) is 2.91. The number of nitrogens with zero attached hydrogens (tertiary/aromatic N) is 1. The van der Waals surface area contributed by atoms with Crippen molar-refractivity contribution in [3.8, 4) is 0 Å². The summed E-state index contributed by atoms with van der Waals surface area (Å²) in [6.07, 6.45) is 2.42. The van der Waals surface area contributed by atoms with E-state index in [1.807, 2.05) is 13.1 Å². The predicted octanol–water partition coefficient (Wildman–Crippen LogP) is 2.66. The summed E-state index contributed by atoms with van der Waals surface area (Å²) in [7, 11) is 2.00. The lowest BCUT2D eigenvalue weighted by molar-refractivity contribution is 0.188. The van der Waals surface area contributed by atoms with E-state index in [-0.39, 0.29) is 10.8 Å². The van der Waals surface area contributed by atoms with Crippen LogP contribution in [0.25, 0.3) is 0 Å². The molecule has 0 saturated carbocycles. The number of hydrogen-bond acceptors (Lipinski definition) is 2. The summed E-state index contributed by atoms with van der Waals surface area (Å²) in [5, 5.41) is 3.50. The number of hydrogen-bond donors (Lipinski definition) is 1. The van der Waals surface area contributed by atoms with Gasteiger partial charge in [0.25, 0.3) is 0 Å². The van der Waals surface area contributed by atoms with Crippen LogP contribution in [0.1, 0.15) is 18.4 Å². The van der Waals surface area contributed by atoms with Crippen molar-refractivity contribution in [3.63, 3.8) is 0 Å². The van der Waals surface area contributed by atoms with Crippen LogP contribution in [0.2, 0.25) is 5.02 Å². The quantitative estimate of drug-likeness (QED) is 0.895. The van der Waals surface area contributed by atoms with E-state index in [2.05, 4.69) is 10.2 Å². The molecule has 94 valence electrons. The lowest BCUT2D eigenvalue weighted by atomic mass is 10.1. The van der Waals surface area contributed by atoms with E-state index < -0.39 is 0 Å². The van der Waals surface area contributed by atoms with E-state index in [9.17, 15) is 4.39 Å². The minimum Gasteiger partial charge on any atom is -0.316 e. The van der Waals surface area contributed by atoms with E-state index in [0.717, 1.165) is 25.2 Å². The van der Waals surface area contributed by atoms with E-state index in [0.29, 0.717) is 6.04 Å². The molecule has 0 radical (unpaired) electrons. The van der Waals surface area contributed by atoms with Crippen LogP contribution in [-0.2, 0) is 6.54 Å². The van der Waals surface area contributed by atoms with Crippen LogP contribution in [0.15, 0.2) is 18.2 Å². The van der Waals surface area contributed by atoms with E-state index in [1.165, 1.54) is 18.9 Å². The van der Waals surface area contributed by atoms with Crippen LogP contribution in [0.4, 0.5) is 4.39 Å². The lowest BCUT2D eigenvalue weighted by Crippen LogP contribution is -2.43. The van der Waals surface area contributed by atoms with Gasteiger partial charge < -0.3 is 5.32 Å². The smallest absolute Gasteiger partial charge is 0.142 e. The van der Waals surface area contributed by atoms with Gasteiger partial charge in [-0.1, -0.05) is 17.7 Å². The summed E-state index contributed by atoms with van der Waals surface area (Å²) >= 11 is 5.67. The van der Waals surface area contributed by atoms with Crippen LogP contribution >= 0.6 is 11.6 Å². The third-order valence-electron chi connectivity index (χ3n) is 3.30. The molecule has 1 N–H and O–H groups in total. The summed E-state index contributed by atoms with van der Waals surface area (Å²) < 4.78 is 13.3. The molecule has 1 aliphatic heterocycles. The maximum atomic E-state index is 13.3. The van der Waals surface area contributed by atoms with Crippen molar-refractivity contribution in [3.05, 3.63) is 34.6 Å². The van der Waals surface area contributed by atoms with Crippen molar-refractivity contribution in [1.29, 1.82) is 0 Å². The number of likely N-dealkylation sites (tertiary alicyclic amines) is 1. The van der Waals surface area contributed by atoms with E-state index in [4.69, 9.17) is 11.6 Å². The Balaban J connectivity index is 1.97. The second-order valence-corrected chi connectivity index (χ2v) is 5.02. The highest BCUT2D eigenvalue weighted by Crippen LogP contribution is 2.18.